The number of thioether (sulfide) groups is 1. The van der Waals surface area contributed by atoms with Crippen molar-refractivity contribution in [1.82, 2.24) is 0 Å². The Morgan fingerprint density at radius 1 is 1.15 bits per heavy atom. The molecule has 20 heavy (non-hydrogen) atoms. The van der Waals surface area contributed by atoms with Gasteiger partial charge >= 0.3 is 6.18 Å². The van der Waals surface area contributed by atoms with Crippen molar-refractivity contribution >= 4 is 16.9 Å². The van der Waals surface area contributed by atoms with Crippen molar-refractivity contribution in [2.75, 3.05) is 0 Å². The fraction of sp³-hybridized carbons (Fsp3) is 0.533. The first kappa shape index (κ1) is 17.1. The highest BCUT2D eigenvalue weighted by atomic mass is 32.2. The van der Waals surface area contributed by atoms with E-state index in [4.69, 9.17) is 0 Å². The topological polar surface area (TPSA) is 17.1 Å². The van der Waals surface area contributed by atoms with Gasteiger partial charge in [-0.05, 0) is 6.42 Å². The van der Waals surface area contributed by atoms with Crippen molar-refractivity contribution in [2.45, 2.75) is 50.5 Å². The van der Waals surface area contributed by atoms with Gasteiger partial charge in [-0.15, -0.1) is 0 Å². The smallest absolute Gasteiger partial charge is 0.282 e. The van der Waals surface area contributed by atoms with Crippen LogP contribution >= 0.6 is 11.8 Å². The summed E-state index contributed by atoms with van der Waals surface area (Å²) < 4.78 is 38.8. The molecule has 1 aromatic carbocycles. The highest BCUT2D eigenvalue weighted by molar-refractivity contribution is 8.14. The molecule has 0 spiro atoms. The molecule has 1 aromatic rings. The summed E-state index contributed by atoms with van der Waals surface area (Å²) >= 11 is 0.399. The first-order chi connectivity index (χ1) is 9.45. The SMILES string of the molecule is CCCCCC[C@H](SC(=O)c1ccccc1)C(F)(F)F. The molecule has 0 aliphatic carbocycles. The molecule has 0 radical (unpaired) electrons. The molecule has 0 amide bonds. The number of alkyl halides is 3. The lowest BCUT2D eigenvalue weighted by Gasteiger charge is -2.18. The van der Waals surface area contributed by atoms with E-state index in [1.807, 2.05) is 6.92 Å². The largest absolute Gasteiger partial charge is 0.401 e. The number of unbranched alkanes of at least 4 members (excludes halogenated alkanes) is 3. The Labute approximate surface area is 121 Å². The summed E-state index contributed by atoms with van der Waals surface area (Å²) in [5, 5.41) is -2.12. The second-order valence-corrected chi connectivity index (χ2v) is 5.83. The van der Waals surface area contributed by atoms with Crippen LogP contribution in [0.4, 0.5) is 13.2 Å². The molecule has 0 unspecified atom stereocenters. The standard InChI is InChI=1S/C15H19F3OS/c1-2-3-4-8-11-13(15(16,17)18)20-14(19)12-9-6-5-7-10-12/h5-7,9-10,13H,2-4,8,11H2,1H3/t13-/m0/s1. The fourth-order valence-corrected chi connectivity index (χ4v) is 2.77. The molecule has 0 aliphatic rings. The van der Waals surface area contributed by atoms with E-state index >= 15 is 0 Å². The molecule has 1 nitrogen and oxygen atoms in total. The molecule has 0 fully saturated rings. The quantitative estimate of drug-likeness (QED) is 0.622. The van der Waals surface area contributed by atoms with E-state index in [-0.39, 0.29) is 6.42 Å². The number of rotatable bonds is 7. The predicted molar refractivity (Wildman–Crippen MR) is 77.0 cm³/mol. The Bertz CT molecular complexity index is 403. The molecule has 1 rings (SSSR count). The molecule has 112 valence electrons. The zero-order chi connectivity index (χ0) is 15.0. The Hall–Kier alpha value is -0.970. The lowest BCUT2D eigenvalue weighted by Crippen LogP contribution is -2.27. The van der Waals surface area contributed by atoms with Gasteiger partial charge in [0.1, 0.15) is 5.25 Å². The van der Waals surface area contributed by atoms with Crippen LogP contribution in [0.5, 0.6) is 0 Å². The van der Waals surface area contributed by atoms with E-state index in [2.05, 4.69) is 0 Å². The number of benzene rings is 1. The summed E-state index contributed by atoms with van der Waals surface area (Å²) in [5.74, 6) is 0. The van der Waals surface area contributed by atoms with Crippen LogP contribution in [0.15, 0.2) is 30.3 Å². The summed E-state index contributed by atoms with van der Waals surface area (Å²) in [4.78, 5) is 11.9. The minimum absolute atomic E-state index is 0.00669. The van der Waals surface area contributed by atoms with Crippen LogP contribution < -0.4 is 0 Å². The van der Waals surface area contributed by atoms with Gasteiger partial charge in [0, 0.05) is 5.56 Å². The molecule has 0 aromatic heterocycles. The summed E-state index contributed by atoms with van der Waals surface area (Å²) in [7, 11) is 0. The van der Waals surface area contributed by atoms with Gasteiger partial charge in [-0.1, -0.05) is 74.7 Å². The zero-order valence-corrected chi connectivity index (χ0v) is 12.3. The number of hydrogen-bond donors (Lipinski definition) is 0. The highest BCUT2D eigenvalue weighted by Gasteiger charge is 2.41. The minimum atomic E-state index is -4.33. The molecular weight excluding hydrogens is 285 g/mol. The predicted octanol–water partition coefficient (Wildman–Crippen LogP) is 5.46. The van der Waals surface area contributed by atoms with E-state index in [0.717, 1.165) is 19.3 Å². The van der Waals surface area contributed by atoms with E-state index in [1.54, 1.807) is 30.3 Å². The van der Waals surface area contributed by atoms with Crippen molar-refractivity contribution in [1.29, 1.82) is 0 Å². The summed E-state index contributed by atoms with van der Waals surface area (Å²) in [6.45, 7) is 2.01. The van der Waals surface area contributed by atoms with Gasteiger partial charge in [-0.25, -0.2) is 0 Å². The van der Waals surface area contributed by atoms with Crippen molar-refractivity contribution in [3.63, 3.8) is 0 Å². The van der Waals surface area contributed by atoms with Crippen LogP contribution in [0.1, 0.15) is 49.4 Å². The second-order valence-electron chi connectivity index (χ2n) is 4.65. The Balaban J connectivity index is 2.59. The number of carbonyl (C=O) groups excluding carboxylic acids is 1. The maximum Gasteiger partial charge on any atom is 0.401 e. The number of halogens is 3. The van der Waals surface area contributed by atoms with Gasteiger partial charge in [0.05, 0.1) is 0 Å². The van der Waals surface area contributed by atoms with Crippen molar-refractivity contribution in [3.05, 3.63) is 35.9 Å². The third-order valence-electron chi connectivity index (χ3n) is 2.94. The molecule has 0 bridgehead atoms. The Morgan fingerprint density at radius 3 is 2.35 bits per heavy atom. The Morgan fingerprint density at radius 2 is 1.80 bits per heavy atom. The zero-order valence-electron chi connectivity index (χ0n) is 11.5. The third kappa shape index (κ3) is 5.99. The summed E-state index contributed by atoms with van der Waals surface area (Å²) in [5.41, 5.74) is 0.320. The maximum absolute atomic E-state index is 12.9. The molecule has 0 heterocycles. The van der Waals surface area contributed by atoms with E-state index in [9.17, 15) is 18.0 Å². The van der Waals surface area contributed by atoms with Crippen LogP contribution in [-0.2, 0) is 0 Å². The summed E-state index contributed by atoms with van der Waals surface area (Å²) in [6, 6.07) is 8.11. The number of carbonyl (C=O) groups is 1. The van der Waals surface area contributed by atoms with Crippen LogP contribution in [0, 0.1) is 0 Å². The Kier molecular flexibility index (Phi) is 7.13. The normalized spacial score (nSPS) is 13.2. The fourth-order valence-electron chi connectivity index (χ4n) is 1.82. The van der Waals surface area contributed by atoms with Crippen LogP contribution in [0.3, 0.4) is 0 Å². The molecule has 0 saturated heterocycles. The molecule has 1 atom stereocenters. The van der Waals surface area contributed by atoms with E-state index in [0.29, 0.717) is 23.7 Å². The molecule has 5 heteroatoms. The van der Waals surface area contributed by atoms with Crippen molar-refractivity contribution < 1.29 is 18.0 Å². The third-order valence-corrected chi connectivity index (χ3v) is 4.18. The average Bonchev–Trinajstić information content (AvgIpc) is 2.42. The minimum Gasteiger partial charge on any atom is -0.282 e. The monoisotopic (exact) mass is 304 g/mol. The first-order valence-corrected chi connectivity index (χ1v) is 7.66. The van der Waals surface area contributed by atoms with Gasteiger partial charge in [0.2, 0.25) is 5.12 Å². The van der Waals surface area contributed by atoms with E-state index in [1.165, 1.54) is 0 Å². The highest BCUT2D eigenvalue weighted by Crippen LogP contribution is 2.35. The number of hydrogen-bond acceptors (Lipinski definition) is 2. The van der Waals surface area contributed by atoms with Crippen LogP contribution in [0.25, 0.3) is 0 Å². The van der Waals surface area contributed by atoms with E-state index < -0.39 is 16.5 Å². The van der Waals surface area contributed by atoms with Gasteiger partial charge in [0.25, 0.3) is 0 Å². The lowest BCUT2D eigenvalue weighted by molar-refractivity contribution is -0.129. The molecule has 0 N–H and O–H groups in total. The van der Waals surface area contributed by atoms with Gasteiger partial charge in [-0.2, -0.15) is 13.2 Å². The first-order valence-electron chi connectivity index (χ1n) is 6.78. The lowest BCUT2D eigenvalue weighted by atomic mass is 10.1. The second kappa shape index (κ2) is 8.35. The van der Waals surface area contributed by atoms with Crippen LogP contribution in [-0.4, -0.2) is 16.5 Å². The average molecular weight is 304 g/mol. The molecular formula is C15H19F3OS. The maximum atomic E-state index is 12.9. The molecule has 0 aliphatic heterocycles. The van der Waals surface area contributed by atoms with Gasteiger partial charge in [0.15, 0.2) is 0 Å². The van der Waals surface area contributed by atoms with Crippen molar-refractivity contribution in [3.8, 4) is 0 Å². The molecule has 0 saturated carbocycles. The van der Waals surface area contributed by atoms with Crippen LogP contribution in [0.2, 0.25) is 0 Å². The van der Waals surface area contributed by atoms with Crippen molar-refractivity contribution in [2.24, 2.45) is 0 Å². The van der Waals surface area contributed by atoms with Gasteiger partial charge < -0.3 is 0 Å². The summed E-state index contributed by atoms with van der Waals surface area (Å²) in [6.07, 6.45) is -1.13. The van der Waals surface area contributed by atoms with Gasteiger partial charge in [-0.3, -0.25) is 4.79 Å².